The van der Waals surface area contributed by atoms with Crippen LogP contribution in [0.1, 0.15) is 13.8 Å². The normalized spacial score (nSPS) is 20.2. The predicted octanol–water partition coefficient (Wildman–Crippen LogP) is 1.82. The van der Waals surface area contributed by atoms with Gasteiger partial charge in [-0.3, -0.25) is 4.90 Å². The zero-order valence-corrected chi connectivity index (χ0v) is 6.85. The first-order valence-electron chi connectivity index (χ1n) is 3.81. The lowest BCUT2D eigenvalue weighted by Crippen LogP contribution is -2.20. The largest absolute Gasteiger partial charge is 0.295 e. The van der Waals surface area contributed by atoms with Crippen LogP contribution in [-0.4, -0.2) is 24.5 Å². The second-order valence-corrected chi connectivity index (χ2v) is 2.81. The first-order chi connectivity index (χ1) is 4.77. The molecule has 0 spiro atoms. The zero-order valence-electron chi connectivity index (χ0n) is 6.85. The predicted molar refractivity (Wildman–Crippen MR) is 45.0 cm³/mol. The smallest absolute Gasteiger partial charge is 0.0236 e. The third kappa shape index (κ3) is 1.29. The molecule has 1 rings (SSSR count). The van der Waals surface area contributed by atoms with Gasteiger partial charge in [-0.15, -0.1) is 0 Å². The summed E-state index contributed by atoms with van der Waals surface area (Å²) in [4.78, 5) is 2.41. The maximum Gasteiger partial charge on any atom is 0.0236 e. The van der Waals surface area contributed by atoms with Gasteiger partial charge in [0.2, 0.25) is 0 Å². The zero-order chi connectivity index (χ0) is 7.56. The van der Waals surface area contributed by atoms with Crippen molar-refractivity contribution in [1.29, 1.82) is 0 Å². The van der Waals surface area contributed by atoms with E-state index in [1.807, 2.05) is 6.08 Å². The highest BCUT2D eigenvalue weighted by atomic mass is 15.1. The lowest BCUT2D eigenvalue weighted by molar-refractivity contribution is 0.366. The minimum atomic E-state index is 1.10. The maximum atomic E-state index is 3.78. The second-order valence-electron chi connectivity index (χ2n) is 2.81. The Kier molecular flexibility index (Phi) is 2.28. The van der Waals surface area contributed by atoms with Crippen LogP contribution in [0.4, 0.5) is 0 Å². The molecule has 1 heteroatoms. The summed E-state index contributed by atoms with van der Waals surface area (Å²) >= 11 is 0. The molecule has 0 N–H and O–H groups in total. The van der Waals surface area contributed by atoms with Crippen molar-refractivity contribution < 1.29 is 0 Å². The molecule has 0 saturated carbocycles. The van der Waals surface area contributed by atoms with Gasteiger partial charge in [0.15, 0.2) is 0 Å². The number of hydrogen-bond acceptors (Lipinski definition) is 1. The summed E-state index contributed by atoms with van der Waals surface area (Å²) in [5, 5.41) is 0. The molecule has 56 valence electrons. The molecule has 1 heterocycles. The number of likely N-dealkylation sites (N-methyl/N-ethyl adjacent to an activating group) is 1. The van der Waals surface area contributed by atoms with E-state index in [-0.39, 0.29) is 0 Å². The van der Waals surface area contributed by atoms with E-state index in [2.05, 4.69) is 25.3 Å². The first kappa shape index (κ1) is 7.55. The van der Waals surface area contributed by atoms with Gasteiger partial charge in [0.25, 0.3) is 0 Å². The van der Waals surface area contributed by atoms with E-state index in [0.717, 1.165) is 19.6 Å². The molecule has 0 unspecified atom stereocenters. The Hall–Kier alpha value is -0.560. The highest BCUT2D eigenvalue weighted by molar-refractivity contribution is 5.29. The molecule has 0 amide bonds. The fourth-order valence-electron chi connectivity index (χ4n) is 1.33. The molecule has 0 aromatic rings. The molecule has 0 aromatic heterocycles. The van der Waals surface area contributed by atoms with E-state index in [0.29, 0.717) is 0 Å². The third-order valence-electron chi connectivity index (χ3n) is 2.10. The van der Waals surface area contributed by atoms with Gasteiger partial charge >= 0.3 is 0 Å². The quantitative estimate of drug-likeness (QED) is 0.561. The highest BCUT2D eigenvalue weighted by Gasteiger charge is 2.14. The molecule has 10 heavy (non-hydrogen) atoms. The maximum absolute atomic E-state index is 3.78. The molecule has 0 aliphatic carbocycles. The molecule has 1 nitrogen and oxygen atoms in total. The van der Waals surface area contributed by atoms with Crippen molar-refractivity contribution in [2.75, 3.05) is 19.6 Å². The van der Waals surface area contributed by atoms with Crippen molar-refractivity contribution in [2.45, 2.75) is 13.8 Å². The summed E-state index contributed by atoms with van der Waals surface area (Å²) in [7, 11) is 0. The van der Waals surface area contributed by atoms with E-state index >= 15 is 0 Å². The lowest BCUT2D eigenvalue weighted by atomic mass is 10.2. The molecule has 1 aliphatic heterocycles. The summed E-state index contributed by atoms with van der Waals surface area (Å²) in [6, 6.07) is 0. The van der Waals surface area contributed by atoms with Crippen molar-refractivity contribution in [3.63, 3.8) is 0 Å². The van der Waals surface area contributed by atoms with Crippen LogP contribution in [0.3, 0.4) is 0 Å². The minimum Gasteiger partial charge on any atom is -0.295 e. The van der Waals surface area contributed by atoms with Crippen molar-refractivity contribution in [3.8, 4) is 0 Å². The number of rotatable bonds is 2. The van der Waals surface area contributed by atoms with Crippen LogP contribution in [0.25, 0.3) is 0 Å². The highest BCUT2D eigenvalue weighted by Crippen LogP contribution is 2.16. The van der Waals surface area contributed by atoms with Crippen LogP contribution in [-0.2, 0) is 0 Å². The van der Waals surface area contributed by atoms with E-state index in [1.54, 1.807) is 0 Å². The van der Waals surface area contributed by atoms with Crippen LogP contribution >= 0.6 is 0 Å². The Labute approximate surface area is 63.0 Å². The summed E-state index contributed by atoms with van der Waals surface area (Å²) in [5.41, 5.74) is 2.90. The average molecular weight is 137 g/mol. The van der Waals surface area contributed by atoms with Gasteiger partial charge in [-0.2, -0.15) is 0 Å². The first-order valence-corrected chi connectivity index (χ1v) is 3.81. The lowest BCUT2D eigenvalue weighted by Gasteiger charge is -2.10. The Bertz CT molecular complexity index is 168. The van der Waals surface area contributed by atoms with Crippen molar-refractivity contribution in [2.24, 2.45) is 0 Å². The van der Waals surface area contributed by atoms with Gasteiger partial charge in [0.05, 0.1) is 0 Å². The molecule has 0 radical (unpaired) electrons. The van der Waals surface area contributed by atoms with Crippen molar-refractivity contribution >= 4 is 0 Å². The summed E-state index contributed by atoms with van der Waals surface area (Å²) < 4.78 is 0. The van der Waals surface area contributed by atoms with E-state index in [4.69, 9.17) is 0 Å². The van der Waals surface area contributed by atoms with Gasteiger partial charge in [-0.1, -0.05) is 25.2 Å². The van der Waals surface area contributed by atoms with Crippen LogP contribution in [0.2, 0.25) is 0 Å². The summed E-state index contributed by atoms with van der Waals surface area (Å²) in [6.07, 6.45) is 1.98. The van der Waals surface area contributed by atoms with Crippen LogP contribution in [0.5, 0.6) is 0 Å². The van der Waals surface area contributed by atoms with Gasteiger partial charge in [0, 0.05) is 13.1 Å². The standard InChI is InChI=1S/C9H15N/c1-4-9-7-10(5-2)6-8(9)3/h4H,1,5-7H2,2-3H3. The monoisotopic (exact) mass is 137 g/mol. The van der Waals surface area contributed by atoms with E-state index in [1.165, 1.54) is 11.1 Å². The van der Waals surface area contributed by atoms with Crippen molar-refractivity contribution in [3.05, 3.63) is 23.8 Å². The molecule has 0 saturated heterocycles. The second kappa shape index (κ2) is 3.02. The van der Waals surface area contributed by atoms with Gasteiger partial charge in [-0.25, -0.2) is 0 Å². The summed E-state index contributed by atoms with van der Waals surface area (Å²) in [5.74, 6) is 0. The SMILES string of the molecule is C=CC1=C(C)CN(CC)C1. The molecule has 0 atom stereocenters. The van der Waals surface area contributed by atoms with Gasteiger partial charge < -0.3 is 0 Å². The molecule has 1 aliphatic rings. The Morgan fingerprint density at radius 1 is 1.60 bits per heavy atom. The Morgan fingerprint density at radius 2 is 2.30 bits per heavy atom. The van der Waals surface area contributed by atoms with Gasteiger partial charge in [-0.05, 0) is 19.0 Å². The molecule has 0 aromatic carbocycles. The molecular weight excluding hydrogens is 122 g/mol. The van der Waals surface area contributed by atoms with E-state index < -0.39 is 0 Å². The molecular formula is C9H15N. The third-order valence-corrected chi connectivity index (χ3v) is 2.10. The van der Waals surface area contributed by atoms with Crippen molar-refractivity contribution in [1.82, 2.24) is 4.90 Å². The van der Waals surface area contributed by atoms with E-state index in [9.17, 15) is 0 Å². The average Bonchev–Trinajstić information content (AvgIpc) is 2.30. The Morgan fingerprint density at radius 3 is 2.60 bits per heavy atom. The van der Waals surface area contributed by atoms with Crippen LogP contribution in [0, 0.1) is 0 Å². The fraction of sp³-hybridized carbons (Fsp3) is 0.556. The summed E-state index contributed by atoms with van der Waals surface area (Å²) in [6.45, 7) is 11.5. The van der Waals surface area contributed by atoms with Crippen LogP contribution < -0.4 is 0 Å². The minimum absolute atomic E-state index is 1.10. The topological polar surface area (TPSA) is 3.24 Å². The fourth-order valence-corrected chi connectivity index (χ4v) is 1.33. The number of hydrogen-bond donors (Lipinski definition) is 0. The number of nitrogens with zero attached hydrogens (tertiary/aromatic N) is 1. The Balaban J connectivity index is 2.58. The van der Waals surface area contributed by atoms with Crippen LogP contribution in [0.15, 0.2) is 23.8 Å². The molecule has 0 bridgehead atoms. The van der Waals surface area contributed by atoms with Gasteiger partial charge in [0.1, 0.15) is 0 Å². The molecule has 0 fully saturated rings.